The summed E-state index contributed by atoms with van der Waals surface area (Å²) in [5, 5.41) is 2.52. The van der Waals surface area contributed by atoms with Gasteiger partial charge in [-0.1, -0.05) is 119 Å². The zero-order chi connectivity index (χ0) is 40.4. The normalized spacial score (nSPS) is 25.0. The fraction of sp³-hybridized carbons (Fsp3) is 0.310. The van der Waals surface area contributed by atoms with E-state index in [9.17, 15) is 0 Å². The highest BCUT2D eigenvalue weighted by Gasteiger charge is 2.61. The molecule has 0 atom stereocenters. The van der Waals surface area contributed by atoms with E-state index < -0.39 is 0 Å². The van der Waals surface area contributed by atoms with Gasteiger partial charge in [0.15, 0.2) is 0 Å². The summed E-state index contributed by atoms with van der Waals surface area (Å²) >= 11 is 0. The van der Waals surface area contributed by atoms with Crippen molar-refractivity contribution in [3.05, 3.63) is 174 Å². The van der Waals surface area contributed by atoms with Gasteiger partial charge >= 0.3 is 0 Å². The number of ether oxygens (including phenoxy) is 1. The molecule has 0 amide bonds. The van der Waals surface area contributed by atoms with Crippen LogP contribution in [0.25, 0.3) is 33.0 Å². The van der Waals surface area contributed by atoms with Crippen LogP contribution in [0, 0.1) is 23.7 Å². The molecule has 60 heavy (non-hydrogen) atoms. The van der Waals surface area contributed by atoms with Gasteiger partial charge in [-0.3, -0.25) is 0 Å². The highest BCUT2D eigenvalue weighted by atomic mass is 16.5. The van der Waals surface area contributed by atoms with Gasteiger partial charge in [0.1, 0.15) is 11.5 Å². The highest BCUT2D eigenvalue weighted by molar-refractivity contribution is 5.91. The van der Waals surface area contributed by atoms with Crippen molar-refractivity contribution < 1.29 is 4.74 Å². The Morgan fingerprint density at radius 3 is 1.60 bits per heavy atom. The molecule has 7 aromatic rings. The third-order valence-electron chi connectivity index (χ3n) is 16.1. The Kier molecular flexibility index (Phi) is 7.98. The van der Waals surface area contributed by atoms with Crippen molar-refractivity contribution in [3.8, 4) is 33.8 Å². The third kappa shape index (κ3) is 5.52. The first kappa shape index (κ1) is 36.3. The van der Waals surface area contributed by atoms with E-state index in [1.165, 1.54) is 117 Å². The van der Waals surface area contributed by atoms with Crippen LogP contribution in [0.3, 0.4) is 0 Å². The second-order valence-electron chi connectivity index (χ2n) is 20.5. The summed E-state index contributed by atoms with van der Waals surface area (Å²) in [7, 11) is 0. The van der Waals surface area contributed by atoms with Crippen LogP contribution in [0.4, 0.5) is 17.1 Å². The van der Waals surface area contributed by atoms with Crippen LogP contribution in [0.2, 0.25) is 0 Å². The smallest absolute Gasteiger partial charge is 0.131 e. The molecular formula is C58H55NO. The lowest BCUT2D eigenvalue weighted by atomic mass is 9.42. The van der Waals surface area contributed by atoms with Crippen LogP contribution in [0.5, 0.6) is 11.5 Å². The number of anilines is 3. The van der Waals surface area contributed by atoms with E-state index >= 15 is 0 Å². The Bertz CT molecular complexity index is 2780. The summed E-state index contributed by atoms with van der Waals surface area (Å²) in [6, 6.07) is 57.3. The quantitative estimate of drug-likeness (QED) is 0.172. The molecule has 4 fully saturated rings. The fourth-order valence-electron chi connectivity index (χ4n) is 13.2. The first-order valence-corrected chi connectivity index (χ1v) is 22.7. The molecule has 0 unspecified atom stereocenters. The average molecular weight is 782 g/mol. The molecule has 0 saturated heterocycles. The van der Waals surface area contributed by atoms with E-state index in [0.717, 1.165) is 23.3 Å². The molecule has 4 bridgehead atoms. The highest BCUT2D eigenvalue weighted by Crippen LogP contribution is 2.69. The first-order valence-electron chi connectivity index (χ1n) is 22.7. The minimum Gasteiger partial charge on any atom is -0.457 e. The second kappa shape index (κ2) is 13.2. The zero-order valence-electron chi connectivity index (χ0n) is 35.5. The maximum absolute atomic E-state index is 6.88. The monoisotopic (exact) mass is 781 g/mol. The van der Waals surface area contributed by atoms with Gasteiger partial charge in [-0.2, -0.15) is 0 Å². The summed E-state index contributed by atoms with van der Waals surface area (Å²) in [5.74, 6) is 5.20. The lowest BCUT2D eigenvalue weighted by Crippen LogP contribution is -2.57. The summed E-state index contributed by atoms with van der Waals surface area (Å²) in [6.07, 6.45) is 9.21. The van der Waals surface area contributed by atoms with Gasteiger partial charge in [-0.25, -0.2) is 0 Å². The third-order valence-corrected chi connectivity index (χ3v) is 16.1. The van der Waals surface area contributed by atoms with Crippen LogP contribution in [-0.2, 0) is 16.2 Å². The molecule has 1 aliphatic heterocycles. The number of hydrogen-bond acceptors (Lipinski definition) is 2. The Morgan fingerprint density at radius 2 is 0.933 bits per heavy atom. The van der Waals surface area contributed by atoms with Crippen molar-refractivity contribution in [1.82, 2.24) is 0 Å². The minimum atomic E-state index is -0.0110. The molecule has 1 heterocycles. The van der Waals surface area contributed by atoms with Gasteiger partial charge in [-0.05, 0) is 184 Å². The largest absolute Gasteiger partial charge is 0.457 e. The SMILES string of the molecule is CC1(C)CCC(C)(C)c2cc(N(c3ccc(-c4ccc5cc(-c6ccccc6)ccc5c4)cc3)c3ccc4c(c3)C3(c5ccccc5O4)C4CC5CC(C4)CC3C5)ccc21. The van der Waals surface area contributed by atoms with Crippen LogP contribution in [-0.4, -0.2) is 0 Å². The number of fused-ring (bicyclic) bond motifs is 4. The molecular weight excluding hydrogens is 727 g/mol. The Balaban J connectivity index is 0.986. The van der Waals surface area contributed by atoms with Crippen molar-refractivity contribution in [1.29, 1.82) is 0 Å². The minimum absolute atomic E-state index is 0.0110. The van der Waals surface area contributed by atoms with Crippen molar-refractivity contribution in [2.45, 2.75) is 88.9 Å². The maximum Gasteiger partial charge on any atom is 0.131 e. The second-order valence-corrected chi connectivity index (χ2v) is 20.5. The molecule has 2 nitrogen and oxygen atoms in total. The average Bonchev–Trinajstić information content (AvgIpc) is 3.27. The van der Waals surface area contributed by atoms with Gasteiger partial charge in [0.2, 0.25) is 0 Å². The van der Waals surface area contributed by atoms with E-state index in [2.05, 4.69) is 184 Å². The molecule has 1 spiro atoms. The molecule has 2 heteroatoms. The van der Waals surface area contributed by atoms with Gasteiger partial charge in [-0.15, -0.1) is 0 Å². The van der Waals surface area contributed by atoms with Crippen LogP contribution >= 0.6 is 0 Å². The van der Waals surface area contributed by atoms with E-state index in [1.807, 2.05) is 0 Å². The summed E-state index contributed by atoms with van der Waals surface area (Å²) in [4.78, 5) is 2.54. The standard InChI is InChI=1S/C58H55NO/c1-56(2)26-27-57(3,4)52-35-48(22-24-50(52)56)59(47-20-18-40(19-21-47)42-15-17-43-33-41(14-16-44(43)34-42)39-10-6-5-7-11-39)49-23-25-55-53(36-49)58(51-12-8-9-13-54(51)60-55)45-29-37-28-38(31-45)32-46(58)30-37/h5-25,33-38,45-46H,26-32H2,1-4H3. The molecule has 298 valence electrons. The maximum atomic E-state index is 6.88. The Hall–Kier alpha value is -5.60. The topological polar surface area (TPSA) is 12.5 Å². The van der Waals surface area contributed by atoms with Gasteiger partial charge < -0.3 is 9.64 Å². The molecule has 13 rings (SSSR count). The zero-order valence-corrected chi connectivity index (χ0v) is 35.5. The Labute approximate surface area is 356 Å². The molecule has 7 aromatic carbocycles. The lowest BCUT2D eigenvalue weighted by molar-refractivity contribution is -0.0452. The summed E-state index contributed by atoms with van der Waals surface area (Å²) < 4.78 is 6.88. The molecule has 0 aromatic heterocycles. The Morgan fingerprint density at radius 1 is 0.417 bits per heavy atom. The molecule has 4 saturated carbocycles. The molecule has 5 aliphatic carbocycles. The molecule has 0 radical (unpaired) electrons. The summed E-state index contributed by atoms with van der Waals surface area (Å²) in [5.41, 5.74) is 14.7. The number of para-hydroxylation sites is 1. The lowest BCUT2D eigenvalue weighted by Gasteiger charge is -2.63. The summed E-state index contributed by atoms with van der Waals surface area (Å²) in [6.45, 7) is 9.75. The van der Waals surface area contributed by atoms with E-state index in [-0.39, 0.29) is 16.2 Å². The van der Waals surface area contributed by atoms with Crippen molar-refractivity contribution >= 4 is 27.8 Å². The van der Waals surface area contributed by atoms with Crippen LogP contribution in [0.15, 0.2) is 152 Å². The predicted molar refractivity (Wildman–Crippen MR) is 249 cm³/mol. The number of nitrogens with zero attached hydrogens (tertiary/aromatic N) is 1. The first-order chi connectivity index (χ1) is 29.1. The van der Waals surface area contributed by atoms with Gasteiger partial charge in [0.25, 0.3) is 0 Å². The fourth-order valence-corrected chi connectivity index (χ4v) is 13.2. The molecule has 6 aliphatic rings. The molecule has 0 N–H and O–H groups in total. The van der Waals surface area contributed by atoms with Crippen LogP contribution in [0.1, 0.15) is 94.9 Å². The predicted octanol–water partition coefficient (Wildman–Crippen LogP) is 15.8. The number of benzene rings is 7. The van der Waals surface area contributed by atoms with Crippen molar-refractivity contribution in [3.63, 3.8) is 0 Å². The van der Waals surface area contributed by atoms with Gasteiger partial charge in [0.05, 0.1) is 0 Å². The van der Waals surface area contributed by atoms with Crippen molar-refractivity contribution in [2.24, 2.45) is 23.7 Å². The van der Waals surface area contributed by atoms with Gasteiger partial charge in [0, 0.05) is 33.6 Å². The number of hydrogen-bond donors (Lipinski definition) is 0. The van der Waals surface area contributed by atoms with E-state index in [4.69, 9.17) is 4.74 Å². The van der Waals surface area contributed by atoms with Crippen LogP contribution < -0.4 is 9.64 Å². The number of rotatable bonds is 5. The van der Waals surface area contributed by atoms with E-state index in [1.54, 1.807) is 0 Å². The van der Waals surface area contributed by atoms with E-state index in [0.29, 0.717) is 11.8 Å². The van der Waals surface area contributed by atoms with Crippen molar-refractivity contribution in [2.75, 3.05) is 4.90 Å².